The molecule has 15 heavy (non-hydrogen) atoms. The summed E-state index contributed by atoms with van der Waals surface area (Å²) in [5, 5.41) is 2.51. The number of halogens is 2. The van der Waals surface area contributed by atoms with Crippen molar-refractivity contribution in [2.75, 3.05) is 13.1 Å². The van der Waals surface area contributed by atoms with Crippen LogP contribution in [-0.2, 0) is 9.59 Å². The van der Waals surface area contributed by atoms with Crippen molar-refractivity contribution < 1.29 is 18.4 Å². The first kappa shape index (κ1) is 11.9. The van der Waals surface area contributed by atoms with Gasteiger partial charge in [0.05, 0.1) is 6.54 Å². The maximum Gasteiger partial charge on any atom is 0.255 e. The molecule has 1 saturated heterocycles. The maximum atomic E-state index is 12.2. The molecule has 1 fully saturated rings. The monoisotopic (exact) mass is 220 g/mol. The summed E-state index contributed by atoms with van der Waals surface area (Å²) in [5.74, 6) is -0.671. The largest absolute Gasteiger partial charge is 0.344 e. The highest BCUT2D eigenvalue weighted by atomic mass is 19.3. The second-order valence-electron chi connectivity index (χ2n) is 3.45. The van der Waals surface area contributed by atoms with Crippen LogP contribution in [0.4, 0.5) is 8.78 Å². The van der Waals surface area contributed by atoms with Gasteiger partial charge >= 0.3 is 0 Å². The third-order valence-electron chi connectivity index (χ3n) is 2.32. The van der Waals surface area contributed by atoms with Crippen LogP contribution in [0.2, 0.25) is 0 Å². The second kappa shape index (κ2) is 5.04. The quantitative estimate of drug-likeness (QED) is 0.747. The Morgan fingerprint density at radius 1 is 1.53 bits per heavy atom. The van der Waals surface area contributed by atoms with Crippen molar-refractivity contribution in [2.45, 2.75) is 32.2 Å². The fourth-order valence-corrected chi connectivity index (χ4v) is 1.52. The predicted molar refractivity (Wildman–Crippen MR) is 49.4 cm³/mol. The normalized spacial score (nSPS) is 22.9. The smallest absolute Gasteiger partial charge is 0.255 e. The van der Waals surface area contributed by atoms with Gasteiger partial charge in [-0.25, -0.2) is 8.78 Å². The standard InChI is InChI=1S/C9H14F2N2O2/c1-2-6-9(15)13(5-7(10)11)4-3-8(14)12-6/h6-7H,2-5H2,1H3,(H,12,14). The molecule has 2 amide bonds. The van der Waals surface area contributed by atoms with Crippen molar-refractivity contribution in [3.05, 3.63) is 0 Å². The molecule has 4 nitrogen and oxygen atoms in total. The van der Waals surface area contributed by atoms with Gasteiger partial charge in [-0.05, 0) is 6.42 Å². The Morgan fingerprint density at radius 2 is 2.20 bits per heavy atom. The molecule has 1 atom stereocenters. The van der Waals surface area contributed by atoms with Crippen LogP contribution in [0.5, 0.6) is 0 Å². The van der Waals surface area contributed by atoms with Crippen LogP contribution in [0.15, 0.2) is 0 Å². The molecule has 1 N–H and O–H groups in total. The lowest BCUT2D eigenvalue weighted by Gasteiger charge is -2.22. The molecule has 0 spiro atoms. The number of carbonyl (C=O) groups excluding carboxylic acids is 2. The van der Waals surface area contributed by atoms with Gasteiger partial charge in [-0.15, -0.1) is 0 Å². The summed E-state index contributed by atoms with van der Waals surface area (Å²) in [4.78, 5) is 23.8. The van der Waals surface area contributed by atoms with Gasteiger partial charge in [0.2, 0.25) is 11.8 Å². The number of amides is 2. The summed E-state index contributed by atoms with van der Waals surface area (Å²) in [7, 11) is 0. The van der Waals surface area contributed by atoms with E-state index in [1.54, 1.807) is 6.92 Å². The van der Waals surface area contributed by atoms with Gasteiger partial charge in [0, 0.05) is 13.0 Å². The SMILES string of the molecule is CCC1NC(=O)CCN(CC(F)F)C1=O. The molecule has 1 aliphatic rings. The van der Waals surface area contributed by atoms with Crippen LogP contribution in [-0.4, -0.2) is 42.3 Å². The van der Waals surface area contributed by atoms with Crippen LogP contribution in [0.1, 0.15) is 19.8 Å². The molecule has 1 aliphatic heterocycles. The molecule has 0 saturated carbocycles. The number of nitrogens with one attached hydrogen (secondary N) is 1. The van der Waals surface area contributed by atoms with E-state index in [1.807, 2.05) is 0 Å². The highest BCUT2D eigenvalue weighted by Crippen LogP contribution is 2.08. The first-order valence-electron chi connectivity index (χ1n) is 4.91. The van der Waals surface area contributed by atoms with Gasteiger partial charge in [-0.2, -0.15) is 0 Å². The number of carbonyl (C=O) groups is 2. The minimum atomic E-state index is -2.56. The van der Waals surface area contributed by atoms with Gasteiger partial charge in [-0.1, -0.05) is 6.92 Å². The predicted octanol–water partition coefficient (Wildman–Crippen LogP) is 0.379. The molecule has 0 radical (unpaired) electrons. The maximum absolute atomic E-state index is 12.2. The van der Waals surface area contributed by atoms with Gasteiger partial charge in [0.25, 0.3) is 6.43 Å². The summed E-state index contributed by atoms with van der Waals surface area (Å²) in [6.45, 7) is 1.21. The van der Waals surface area contributed by atoms with Gasteiger partial charge in [-0.3, -0.25) is 9.59 Å². The molecule has 86 valence electrons. The Balaban J connectivity index is 2.70. The van der Waals surface area contributed by atoms with Crippen LogP contribution >= 0.6 is 0 Å². The molecule has 0 aliphatic carbocycles. The zero-order valence-electron chi connectivity index (χ0n) is 8.50. The third kappa shape index (κ3) is 3.14. The Bertz CT molecular complexity index is 258. The van der Waals surface area contributed by atoms with Crippen molar-refractivity contribution in [2.24, 2.45) is 0 Å². The molecule has 0 aromatic rings. The Morgan fingerprint density at radius 3 is 2.73 bits per heavy atom. The van der Waals surface area contributed by atoms with E-state index in [1.165, 1.54) is 0 Å². The van der Waals surface area contributed by atoms with Crippen molar-refractivity contribution in [3.63, 3.8) is 0 Å². The molecule has 1 unspecified atom stereocenters. The zero-order chi connectivity index (χ0) is 11.4. The lowest BCUT2D eigenvalue weighted by atomic mass is 10.2. The van der Waals surface area contributed by atoms with Crippen LogP contribution in [0.25, 0.3) is 0 Å². The number of nitrogens with zero attached hydrogens (tertiary/aromatic N) is 1. The van der Waals surface area contributed by atoms with Crippen LogP contribution in [0.3, 0.4) is 0 Å². The first-order chi connectivity index (χ1) is 7.04. The lowest BCUT2D eigenvalue weighted by molar-refractivity contribution is -0.135. The Labute approximate surface area is 86.6 Å². The van der Waals surface area contributed by atoms with E-state index in [0.717, 1.165) is 4.90 Å². The van der Waals surface area contributed by atoms with E-state index < -0.39 is 24.9 Å². The molecule has 1 heterocycles. The highest BCUT2D eigenvalue weighted by molar-refractivity contribution is 5.89. The van der Waals surface area contributed by atoms with Crippen molar-refractivity contribution in [3.8, 4) is 0 Å². The van der Waals surface area contributed by atoms with Crippen LogP contribution < -0.4 is 5.32 Å². The third-order valence-corrected chi connectivity index (χ3v) is 2.32. The van der Waals surface area contributed by atoms with E-state index in [4.69, 9.17) is 0 Å². The zero-order valence-corrected chi connectivity index (χ0v) is 8.50. The molecule has 0 aromatic carbocycles. The summed E-state index contributed by atoms with van der Waals surface area (Å²) < 4.78 is 24.3. The van der Waals surface area contributed by atoms with E-state index in [-0.39, 0.29) is 18.9 Å². The van der Waals surface area contributed by atoms with Crippen molar-refractivity contribution in [1.82, 2.24) is 10.2 Å². The number of alkyl halides is 2. The Hall–Kier alpha value is -1.20. The molecule has 0 bridgehead atoms. The van der Waals surface area contributed by atoms with E-state index in [9.17, 15) is 18.4 Å². The average Bonchev–Trinajstić information content (AvgIpc) is 2.30. The van der Waals surface area contributed by atoms with E-state index >= 15 is 0 Å². The van der Waals surface area contributed by atoms with E-state index in [0.29, 0.717) is 6.42 Å². The minimum absolute atomic E-state index is 0.0749. The van der Waals surface area contributed by atoms with Gasteiger partial charge in [0.1, 0.15) is 6.04 Å². The second-order valence-corrected chi connectivity index (χ2v) is 3.45. The molecule has 1 rings (SSSR count). The average molecular weight is 220 g/mol. The van der Waals surface area contributed by atoms with Crippen molar-refractivity contribution >= 4 is 11.8 Å². The topological polar surface area (TPSA) is 49.4 Å². The van der Waals surface area contributed by atoms with E-state index in [2.05, 4.69) is 5.32 Å². The first-order valence-corrected chi connectivity index (χ1v) is 4.91. The summed E-state index contributed by atoms with van der Waals surface area (Å²) in [6.07, 6.45) is -2.04. The highest BCUT2D eigenvalue weighted by Gasteiger charge is 2.29. The number of rotatable bonds is 3. The Kier molecular flexibility index (Phi) is 3.99. The summed E-state index contributed by atoms with van der Waals surface area (Å²) in [6, 6.07) is -0.654. The minimum Gasteiger partial charge on any atom is -0.344 e. The fourth-order valence-electron chi connectivity index (χ4n) is 1.52. The van der Waals surface area contributed by atoms with Crippen LogP contribution in [0, 0.1) is 0 Å². The molecule has 6 heteroatoms. The summed E-state index contributed by atoms with van der Waals surface area (Å²) >= 11 is 0. The van der Waals surface area contributed by atoms with Crippen molar-refractivity contribution in [1.29, 1.82) is 0 Å². The number of hydrogen-bond donors (Lipinski definition) is 1. The van der Waals surface area contributed by atoms with Gasteiger partial charge in [0.15, 0.2) is 0 Å². The number of hydrogen-bond acceptors (Lipinski definition) is 2. The molecule has 0 aromatic heterocycles. The lowest BCUT2D eigenvalue weighted by Crippen LogP contribution is -2.45. The molecular formula is C9H14F2N2O2. The summed E-state index contributed by atoms with van der Waals surface area (Å²) in [5.41, 5.74) is 0. The fraction of sp³-hybridized carbons (Fsp3) is 0.778. The molecular weight excluding hydrogens is 206 g/mol. The van der Waals surface area contributed by atoms with Gasteiger partial charge < -0.3 is 10.2 Å².